The zero-order valence-electron chi connectivity index (χ0n) is 11.5. The Bertz CT molecular complexity index is 709. The Hall–Kier alpha value is -2.47. The van der Waals surface area contributed by atoms with Gasteiger partial charge in [0.25, 0.3) is 0 Å². The second kappa shape index (κ2) is 5.88. The lowest BCUT2D eigenvalue weighted by Crippen LogP contribution is -2.20. The molecule has 1 aromatic carbocycles. The maximum Gasteiger partial charge on any atom is 0.354 e. The quantitative estimate of drug-likeness (QED) is 0.697. The number of nitrogens with one attached hydrogen (secondary N) is 3. The molecule has 2 amide bonds. The smallest absolute Gasteiger partial charge is 0.354 e. The van der Waals surface area contributed by atoms with Crippen molar-refractivity contribution in [3.05, 3.63) is 46.2 Å². The van der Waals surface area contributed by atoms with E-state index in [1.54, 1.807) is 31.2 Å². The summed E-state index contributed by atoms with van der Waals surface area (Å²) in [7, 11) is 0. The predicted molar refractivity (Wildman–Crippen MR) is 81.3 cm³/mol. The Morgan fingerprint density at radius 1 is 1.19 bits per heavy atom. The van der Waals surface area contributed by atoms with Crippen LogP contribution in [0.3, 0.4) is 0 Å². The van der Waals surface area contributed by atoms with Gasteiger partial charge in [-0.1, -0.05) is 17.7 Å². The fourth-order valence-corrected chi connectivity index (χ4v) is 1.99. The molecule has 2 rings (SSSR count). The molecule has 6 nitrogen and oxygen atoms in total. The van der Waals surface area contributed by atoms with Crippen molar-refractivity contribution in [2.75, 3.05) is 10.6 Å². The Morgan fingerprint density at radius 2 is 1.90 bits per heavy atom. The standard InChI is InChI=1S/C14H14ClN3O3/c1-7-3-4-9(6-10(7)15)17-14(21)18-11-5-8(2)16-12(11)13(19)20/h3-6,16H,1-2H3,(H,19,20)(H2,17,18,21). The van der Waals surface area contributed by atoms with E-state index in [1.165, 1.54) is 0 Å². The lowest BCUT2D eigenvalue weighted by atomic mass is 10.2. The molecule has 0 aliphatic carbocycles. The van der Waals surface area contributed by atoms with Crippen LogP contribution in [0.4, 0.5) is 16.2 Å². The molecule has 0 radical (unpaired) electrons. The van der Waals surface area contributed by atoms with Crippen LogP contribution in [-0.2, 0) is 0 Å². The summed E-state index contributed by atoms with van der Waals surface area (Å²) in [5.74, 6) is -1.14. The first kappa shape index (κ1) is 14.9. The Kier molecular flexibility index (Phi) is 4.18. The molecule has 0 bridgehead atoms. The van der Waals surface area contributed by atoms with E-state index in [4.69, 9.17) is 16.7 Å². The summed E-state index contributed by atoms with van der Waals surface area (Å²) in [6.07, 6.45) is 0. The number of urea groups is 1. The molecule has 0 atom stereocenters. The molecular weight excluding hydrogens is 294 g/mol. The number of carbonyl (C=O) groups is 2. The Balaban J connectivity index is 2.11. The van der Waals surface area contributed by atoms with E-state index < -0.39 is 12.0 Å². The van der Waals surface area contributed by atoms with E-state index in [1.807, 2.05) is 6.92 Å². The maximum atomic E-state index is 11.9. The molecule has 0 unspecified atom stereocenters. The highest BCUT2D eigenvalue weighted by atomic mass is 35.5. The van der Waals surface area contributed by atoms with Crippen molar-refractivity contribution in [1.82, 2.24) is 4.98 Å². The van der Waals surface area contributed by atoms with E-state index in [9.17, 15) is 9.59 Å². The van der Waals surface area contributed by atoms with Crippen LogP contribution in [0.5, 0.6) is 0 Å². The molecule has 0 saturated heterocycles. The number of amides is 2. The largest absolute Gasteiger partial charge is 0.477 e. The van der Waals surface area contributed by atoms with Crippen molar-refractivity contribution in [3.63, 3.8) is 0 Å². The number of aromatic carboxylic acids is 1. The second-order valence-corrected chi connectivity index (χ2v) is 5.00. The van der Waals surface area contributed by atoms with Crippen LogP contribution in [0.15, 0.2) is 24.3 Å². The van der Waals surface area contributed by atoms with E-state index in [2.05, 4.69) is 15.6 Å². The topological polar surface area (TPSA) is 94.2 Å². The number of carboxylic acid groups (broad SMARTS) is 1. The number of anilines is 2. The van der Waals surface area contributed by atoms with Gasteiger partial charge in [0.05, 0.1) is 5.69 Å². The third-order valence-electron chi connectivity index (χ3n) is 2.84. The van der Waals surface area contributed by atoms with Crippen molar-refractivity contribution in [2.24, 2.45) is 0 Å². The number of benzene rings is 1. The third kappa shape index (κ3) is 3.55. The van der Waals surface area contributed by atoms with Gasteiger partial charge in [-0.25, -0.2) is 9.59 Å². The Labute approximate surface area is 126 Å². The fraction of sp³-hybridized carbons (Fsp3) is 0.143. The first-order chi connectivity index (χ1) is 9.86. The van der Waals surface area contributed by atoms with Crippen LogP contribution >= 0.6 is 11.6 Å². The van der Waals surface area contributed by atoms with Crippen LogP contribution < -0.4 is 10.6 Å². The summed E-state index contributed by atoms with van der Waals surface area (Å²) in [5.41, 5.74) is 2.20. The van der Waals surface area contributed by atoms with E-state index in [0.29, 0.717) is 16.4 Å². The van der Waals surface area contributed by atoms with Gasteiger partial charge in [-0.2, -0.15) is 0 Å². The summed E-state index contributed by atoms with van der Waals surface area (Å²) in [4.78, 5) is 25.6. The highest BCUT2D eigenvalue weighted by Gasteiger charge is 2.15. The van der Waals surface area contributed by atoms with Gasteiger partial charge in [0.15, 0.2) is 0 Å². The molecule has 0 aliphatic rings. The number of hydrogen-bond acceptors (Lipinski definition) is 2. The molecule has 0 spiro atoms. The van der Waals surface area contributed by atoms with Gasteiger partial charge in [-0.3, -0.25) is 0 Å². The highest BCUT2D eigenvalue weighted by molar-refractivity contribution is 6.31. The van der Waals surface area contributed by atoms with Crippen LogP contribution in [-0.4, -0.2) is 22.1 Å². The van der Waals surface area contributed by atoms with Crippen LogP contribution in [0.25, 0.3) is 0 Å². The average Bonchev–Trinajstić information content (AvgIpc) is 2.75. The van der Waals surface area contributed by atoms with E-state index in [-0.39, 0.29) is 11.4 Å². The molecule has 1 heterocycles. The number of rotatable bonds is 3. The monoisotopic (exact) mass is 307 g/mol. The van der Waals surface area contributed by atoms with E-state index in [0.717, 1.165) is 5.56 Å². The van der Waals surface area contributed by atoms with Crippen LogP contribution in [0, 0.1) is 13.8 Å². The third-order valence-corrected chi connectivity index (χ3v) is 3.25. The minimum Gasteiger partial charge on any atom is -0.477 e. The number of carboxylic acids is 1. The molecule has 7 heteroatoms. The minimum atomic E-state index is -1.14. The van der Waals surface area contributed by atoms with Gasteiger partial charge in [0, 0.05) is 16.4 Å². The van der Waals surface area contributed by atoms with Gasteiger partial charge in [-0.05, 0) is 37.6 Å². The van der Waals surface area contributed by atoms with Crippen molar-refractivity contribution in [2.45, 2.75) is 13.8 Å². The zero-order valence-corrected chi connectivity index (χ0v) is 12.2. The average molecular weight is 308 g/mol. The summed E-state index contributed by atoms with van der Waals surface area (Å²) in [6.45, 7) is 3.56. The predicted octanol–water partition coefficient (Wildman–Crippen LogP) is 3.63. The number of aromatic amines is 1. The zero-order chi connectivity index (χ0) is 15.6. The number of halogens is 1. The first-order valence-electron chi connectivity index (χ1n) is 6.14. The molecule has 0 fully saturated rings. The van der Waals surface area contributed by atoms with Gasteiger partial charge in [-0.15, -0.1) is 0 Å². The molecular formula is C14H14ClN3O3. The van der Waals surface area contributed by atoms with Crippen LogP contribution in [0.1, 0.15) is 21.7 Å². The van der Waals surface area contributed by atoms with E-state index >= 15 is 0 Å². The van der Waals surface area contributed by atoms with Crippen molar-refractivity contribution >= 4 is 35.0 Å². The van der Waals surface area contributed by atoms with Gasteiger partial charge in [0.1, 0.15) is 5.69 Å². The second-order valence-electron chi connectivity index (χ2n) is 4.59. The molecule has 110 valence electrons. The molecule has 4 N–H and O–H groups in total. The molecule has 21 heavy (non-hydrogen) atoms. The molecule has 0 aliphatic heterocycles. The molecule has 2 aromatic rings. The van der Waals surface area contributed by atoms with Crippen molar-refractivity contribution < 1.29 is 14.7 Å². The van der Waals surface area contributed by atoms with Gasteiger partial charge >= 0.3 is 12.0 Å². The van der Waals surface area contributed by atoms with Gasteiger partial charge in [0.2, 0.25) is 0 Å². The summed E-state index contributed by atoms with van der Waals surface area (Å²) < 4.78 is 0. The number of carbonyl (C=O) groups excluding carboxylic acids is 1. The van der Waals surface area contributed by atoms with Crippen molar-refractivity contribution in [3.8, 4) is 0 Å². The number of H-pyrrole nitrogens is 1. The number of aryl methyl sites for hydroxylation is 2. The summed E-state index contributed by atoms with van der Waals surface area (Å²) in [5, 5.41) is 14.6. The lowest BCUT2D eigenvalue weighted by molar-refractivity contribution is 0.0692. The van der Waals surface area contributed by atoms with Crippen LogP contribution in [0.2, 0.25) is 5.02 Å². The fourth-order valence-electron chi connectivity index (χ4n) is 1.81. The van der Waals surface area contributed by atoms with Gasteiger partial charge < -0.3 is 20.7 Å². The minimum absolute atomic E-state index is 0.0652. The first-order valence-corrected chi connectivity index (χ1v) is 6.51. The summed E-state index contributed by atoms with van der Waals surface area (Å²) in [6, 6.07) is 6.11. The lowest BCUT2D eigenvalue weighted by Gasteiger charge is -2.08. The Morgan fingerprint density at radius 3 is 2.52 bits per heavy atom. The summed E-state index contributed by atoms with van der Waals surface area (Å²) >= 11 is 5.97. The highest BCUT2D eigenvalue weighted by Crippen LogP contribution is 2.21. The normalized spacial score (nSPS) is 10.2. The SMILES string of the molecule is Cc1cc(NC(=O)Nc2ccc(C)c(Cl)c2)c(C(=O)O)[nH]1. The number of aromatic nitrogens is 1. The molecule has 0 saturated carbocycles. The van der Waals surface area contributed by atoms with Crippen molar-refractivity contribution in [1.29, 1.82) is 0 Å². The molecule has 1 aromatic heterocycles. The maximum absolute atomic E-state index is 11.9. The number of hydrogen-bond donors (Lipinski definition) is 4.